The third-order valence-electron chi connectivity index (χ3n) is 6.90. The number of carbonyl (C=O) groups is 2. The average molecular weight is 473 g/mol. The lowest BCUT2D eigenvalue weighted by molar-refractivity contribution is -0.148. The van der Waals surface area contributed by atoms with E-state index in [0.29, 0.717) is 13.0 Å². The first-order valence-electron chi connectivity index (χ1n) is 13.8. The van der Waals surface area contributed by atoms with E-state index in [1.54, 1.807) is 0 Å². The van der Waals surface area contributed by atoms with Gasteiger partial charge in [0.05, 0.1) is 12.2 Å². The van der Waals surface area contributed by atoms with Gasteiger partial charge in [-0.15, -0.1) is 0 Å². The summed E-state index contributed by atoms with van der Waals surface area (Å²) in [5, 5.41) is 1.82. The molecule has 34 heavy (non-hydrogen) atoms. The zero-order valence-electron chi connectivity index (χ0n) is 21.8. The molecule has 5 nitrogen and oxygen atoms in total. The van der Waals surface area contributed by atoms with Crippen LogP contribution in [0.4, 0.5) is 5.69 Å². The van der Waals surface area contributed by atoms with Gasteiger partial charge in [-0.3, -0.25) is 20.0 Å². The molecule has 1 heterocycles. The standard InChI is InChI=1S/C29H48N2O3/c1-3-4-5-6-7-8-9-10-11-12-13-14-15-16-20-23-27(32)34-25-29(2)24-31(30-28(29)33)26-21-18-17-19-22-26/h17-19,21-22H,3-16,20,23-25H2,1-2H3,(H,30,33). The van der Waals surface area contributed by atoms with Gasteiger partial charge in [0.1, 0.15) is 12.0 Å². The van der Waals surface area contributed by atoms with Crippen LogP contribution in [0.15, 0.2) is 30.3 Å². The predicted octanol–water partition coefficient (Wildman–Crippen LogP) is 7.35. The van der Waals surface area contributed by atoms with E-state index in [1.165, 1.54) is 83.5 Å². The molecule has 192 valence electrons. The summed E-state index contributed by atoms with van der Waals surface area (Å²) in [6.45, 7) is 4.74. The molecule has 0 radical (unpaired) electrons. The van der Waals surface area contributed by atoms with Crippen molar-refractivity contribution in [3.05, 3.63) is 30.3 Å². The monoisotopic (exact) mass is 472 g/mol. The number of esters is 1. The van der Waals surface area contributed by atoms with Gasteiger partial charge in [-0.05, 0) is 25.5 Å². The topological polar surface area (TPSA) is 58.6 Å². The summed E-state index contributed by atoms with van der Waals surface area (Å²) in [5.41, 5.74) is 3.10. The van der Waals surface area contributed by atoms with E-state index < -0.39 is 5.41 Å². The van der Waals surface area contributed by atoms with Crippen molar-refractivity contribution in [2.24, 2.45) is 5.41 Å². The normalized spacial score (nSPS) is 17.7. The second-order valence-electron chi connectivity index (χ2n) is 10.3. The van der Waals surface area contributed by atoms with Crippen LogP contribution in [0.1, 0.15) is 117 Å². The second kappa shape index (κ2) is 16.6. The first kappa shape index (κ1) is 28.2. The van der Waals surface area contributed by atoms with Crippen LogP contribution >= 0.6 is 0 Å². The number of benzene rings is 1. The molecule has 1 aliphatic rings. The number of carbonyl (C=O) groups excluding carboxylic acids is 2. The Morgan fingerprint density at radius 1 is 0.853 bits per heavy atom. The molecule has 5 heteroatoms. The summed E-state index contributed by atoms with van der Waals surface area (Å²) in [7, 11) is 0. The zero-order valence-corrected chi connectivity index (χ0v) is 21.8. The van der Waals surface area contributed by atoms with Crippen molar-refractivity contribution in [3.8, 4) is 0 Å². The van der Waals surface area contributed by atoms with Crippen LogP contribution in [0.2, 0.25) is 0 Å². The third kappa shape index (κ3) is 10.9. The van der Waals surface area contributed by atoms with E-state index in [9.17, 15) is 9.59 Å². The van der Waals surface area contributed by atoms with E-state index in [4.69, 9.17) is 4.74 Å². The van der Waals surface area contributed by atoms with Crippen LogP contribution in [0, 0.1) is 5.41 Å². The summed E-state index contributed by atoms with van der Waals surface area (Å²) < 4.78 is 5.48. The maximum atomic E-state index is 12.5. The number of hydrogen-bond acceptors (Lipinski definition) is 4. The molecule has 1 N–H and O–H groups in total. The van der Waals surface area contributed by atoms with Crippen molar-refractivity contribution in [2.75, 3.05) is 18.2 Å². The van der Waals surface area contributed by atoms with Crippen molar-refractivity contribution < 1.29 is 14.3 Å². The Balaban J connectivity index is 1.42. The van der Waals surface area contributed by atoms with Gasteiger partial charge in [-0.1, -0.05) is 115 Å². The van der Waals surface area contributed by atoms with Crippen LogP contribution in [-0.2, 0) is 14.3 Å². The minimum atomic E-state index is -0.722. The molecule has 0 saturated carbocycles. The number of para-hydroxylation sites is 1. The summed E-state index contributed by atoms with van der Waals surface area (Å²) in [6.07, 6.45) is 20.1. The van der Waals surface area contributed by atoms with E-state index in [0.717, 1.165) is 18.5 Å². The summed E-state index contributed by atoms with van der Waals surface area (Å²) in [5.74, 6) is -0.294. The molecule has 1 amide bonds. The highest BCUT2D eigenvalue weighted by atomic mass is 16.5. The molecular weight excluding hydrogens is 424 g/mol. The number of unbranched alkanes of at least 4 members (excludes halogenated alkanes) is 14. The lowest BCUT2D eigenvalue weighted by Crippen LogP contribution is -2.35. The molecule has 1 atom stereocenters. The molecule has 1 unspecified atom stereocenters. The Labute approximate surface area is 208 Å². The SMILES string of the molecule is CCCCCCCCCCCCCCCCCC(=O)OCC1(C)CN(c2ccccc2)NC1=O. The maximum Gasteiger partial charge on any atom is 0.305 e. The molecule has 0 spiro atoms. The van der Waals surface area contributed by atoms with E-state index in [-0.39, 0.29) is 18.5 Å². The van der Waals surface area contributed by atoms with Gasteiger partial charge in [0.15, 0.2) is 0 Å². The van der Waals surface area contributed by atoms with Crippen molar-refractivity contribution in [3.63, 3.8) is 0 Å². The number of rotatable bonds is 19. The summed E-state index contributed by atoms with van der Waals surface area (Å²) in [6, 6.07) is 9.73. The number of hydrogen-bond donors (Lipinski definition) is 1. The molecule has 0 aromatic heterocycles. The highest BCUT2D eigenvalue weighted by Crippen LogP contribution is 2.28. The molecule has 2 rings (SSSR count). The molecule has 0 bridgehead atoms. The number of ether oxygens (including phenoxy) is 1. The number of hydrazine groups is 1. The minimum Gasteiger partial charge on any atom is -0.464 e. The third-order valence-corrected chi connectivity index (χ3v) is 6.90. The quantitative estimate of drug-likeness (QED) is 0.169. The number of anilines is 1. The molecular formula is C29H48N2O3. The maximum absolute atomic E-state index is 12.5. The lowest BCUT2D eigenvalue weighted by Gasteiger charge is -2.21. The first-order chi connectivity index (χ1) is 16.5. The Hall–Kier alpha value is -2.04. The fourth-order valence-corrected chi connectivity index (χ4v) is 4.55. The van der Waals surface area contributed by atoms with Gasteiger partial charge in [0.2, 0.25) is 5.91 Å². The number of amides is 1. The molecule has 1 aromatic carbocycles. The Bertz CT molecular complexity index is 694. The van der Waals surface area contributed by atoms with Crippen LogP contribution in [0.3, 0.4) is 0 Å². The highest BCUT2D eigenvalue weighted by molar-refractivity contribution is 5.88. The van der Waals surface area contributed by atoms with E-state index >= 15 is 0 Å². The largest absolute Gasteiger partial charge is 0.464 e. The fraction of sp³-hybridized carbons (Fsp3) is 0.724. The molecule has 0 aliphatic carbocycles. The summed E-state index contributed by atoms with van der Waals surface area (Å²) in [4.78, 5) is 24.6. The fourth-order valence-electron chi connectivity index (χ4n) is 4.55. The smallest absolute Gasteiger partial charge is 0.305 e. The van der Waals surface area contributed by atoms with Gasteiger partial charge in [0, 0.05) is 6.42 Å². The number of nitrogens with zero attached hydrogens (tertiary/aromatic N) is 1. The van der Waals surface area contributed by atoms with Crippen LogP contribution < -0.4 is 10.4 Å². The van der Waals surface area contributed by atoms with Gasteiger partial charge >= 0.3 is 5.97 Å². The Morgan fingerprint density at radius 2 is 1.35 bits per heavy atom. The van der Waals surface area contributed by atoms with Crippen LogP contribution in [0.25, 0.3) is 0 Å². The van der Waals surface area contributed by atoms with Gasteiger partial charge in [-0.2, -0.15) is 0 Å². The summed E-state index contributed by atoms with van der Waals surface area (Å²) >= 11 is 0. The zero-order chi connectivity index (χ0) is 24.5. The van der Waals surface area contributed by atoms with E-state index in [1.807, 2.05) is 42.3 Å². The Kier molecular flexibility index (Phi) is 13.7. The average Bonchev–Trinajstić information content (AvgIpc) is 3.15. The van der Waals surface area contributed by atoms with Crippen molar-refractivity contribution in [1.29, 1.82) is 0 Å². The van der Waals surface area contributed by atoms with E-state index in [2.05, 4.69) is 12.3 Å². The van der Waals surface area contributed by atoms with Crippen molar-refractivity contribution in [2.45, 2.75) is 117 Å². The van der Waals surface area contributed by atoms with Crippen molar-refractivity contribution in [1.82, 2.24) is 5.43 Å². The molecule has 1 saturated heterocycles. The molecule has 1 aromatic rings. The van der Waals surface area contributed by atoms with Gasteiger partial charge in [0.25, 0.3) is 0 Å². The predicted molar refractivity (Wildman–Crippen MR) is 141 cm³/mol. The van der Waals surface area contributed by atoms with Crippen LogP contribution in [-0.4, -0.2) is 25.0 Å². The second-order valence-corrected chi connectivity index (χ2v) is 10.3. The van der Waals surface area contributed by atoms with Crippen molar-refractivity contribution >= 4 is 17.6 Å². The van der Waals surface area contributed by atoms with Gasteiger partial charge in [-0.25, -0.2) is 0 Å². The van der Waals surface area contributed by atoms with Gasteiger partial charge < -0.3 is 4.74 Å². The minimum absolute atomic E-state index is 0.101. The highest BCUT2D eigenvalue weighted by Gasteiger charge is 2.43. The molecule has 1 aliphatic heterocycles. The lowest BCUT2D eigenvalue weighted by atomic mass is 9.92. The first-order valence-corrected chi connectivity index (χ1v) is 13.8. The number of nitrogens with one attached hydrogen (secondary N) is 1. The van der Waals surface area contributed by atoms with Crippen LogP contribution in [0.5, 0.6) is 0 Å². The molecule has 1 fully saturated rings. The Morgan fingerprint density at radius 3 is 1.88 bits per heavy atom.